The zero-order chi connectivity index (χ0) is 12.9. The van der Waals surface area contributed by atoms with Crippen molar-refractivity contribution in [1.29, 1.82) is 0 Å². The van der Waals surface area contributed by atoms with Crippen LogP contribution >= 0.6 is 0 Å². The number of hydrogen-bond acceptors (Lipinski definition) is 4. The van der Waals surface area contributed by atoms with E-state index in [0.717, 1.165) is 32.3 Å². The van der Waals surface area contributed by atoms with E-state index in [2.05, 4.69) is 6.92 Å². The molecule has 0 bridgehead atoms. The lowest BCUT2D eigenvalue weighted by Gasteiger charge is -2.43. The third-order valence-electron chi connectivity index (χ3n) is 4.10. The van der Waals surface area contributed by atoms with E-state index in [0.29, 0.717) is 13.2 Å². The van der Waals surface area contributed by atoms with Gasteiger partial charge in [-0.1, -0.05) is 13.8 Å². The molecule has 1 N–H and O–H groups in total. The van der Waals surface area contributed by atoms with Gasteiger partial charge in [0.15, 0.2) is 0 Å². The average Bonchev–Trinajstić information content (AvgIpc) is 2.17. The quantitative estimate of drug-likeness (QED) is 0.760. The molecule has 2 fully saturated rings. The number of carbonyl (C=O) groups is 1. The number of aliphatic hydroxyl groups is 1. The van der Waals surface area contributed by atoms with Crippen molar-refractivity contribution in [3.63, 3.8) is 0 Å². The fourth-order valence-electron chi connectivity index (χ4n) is 1.82. The third kappa shape index (κ3) is 3.06. The lowest BCUT2D eigenvalue weighted by molar-refractivity contribution is -0.168. The standard InChI is InChI=1S/C7H14O2.C6H10O2/c1-3-7(6(2)8)4-9-5-7;1-2-6(3-7)4-8-5-6/h6,8H,3-5H2,1-2H3;3H,2,4-5H2,1H3. The van der Waals surface area contributed by atoms with Gasteiger partial charge >= 0.3 is 0 Å². The highest BCUT2D eigenvalue weighted by Gasteiger charge is 2.41. The van der Waals surface area contributed by atoms with E-state index in [9.17, 15) is 9.90 Å². The summed E-state index contributed by atoms with van der Waals surface area (Å²) in [5.74, 6) is 0. The second kappa shape index (κ2) is 5.94. The molecule has 0 aromatic heterocycles. The maximum absolute atomic E-state index is 10.3. The van der Waals surface area contributed by atoms with Gasteiger partial charge in [0, 0.05) is 5.41 Å². The molecule has 2 aliphatic rings. The van der Waals surface area contributed by atoms with Gasteiger partial charge in [0.25, 0.3) is 0 Å². The van der Waals surface area contributed by atoms with Crippen LogP contribution in [0.3, 0.4) is 0 Å². The Hall–Kier alpha value is -0.450. The number of carbonyl (C=O) groups excluding carboxylic acids is 1. The van der Waals surface area contributed by atoms with E-state index in [1.807, 2.05) is 13.8 Å². The summed E-state index contributed by atoms with van der Waals surface area (Å²) < 4.78 is 9.92. The van der Waals surface area contributed by atoms with E-state index in [-0.39, 0.29) is 16.9 Å². The molecule has 0 radical (unpaired) electrons. The van der Waals surface area contributed by atoms with Crippen molar-refractivity contribution in [3.05, 3.63) is 0 Å². The Balaban J connectivity index is 0.000000171. The molecule has 1 atom stereocenters. The highest BCUT2D eigenvalue weighted by Crippen LogP contribution is 2.34. The van der Waals surface area contributed by atoms with Crippen LogP contribution in [0.2, 0.25) is 0 Å². The number of rotatable bonds is 4. The summed E-state index contributed by atoms with van der Waals surface area (Å²) in [5, 5.41) is 9.24. The molecule has 0 saturated carbocycles. The Morgan fingerprint density at radius 1 is 1.18 bits per heavy atom. The highest BCUT2D eigenvalue weighted by atomic mass is 16.5. The van der Waals surface area contributed by atoms with Crippen molar-refractivity contribution >= 4 is 6.29 Å². The number of ether oxygens (including phenoxy) is 2. The van der Waals surface area contributed by atoms with E-state index < -0.39 is 0 Å². The van der Waals surface area contributed by atoms with Gasteiger partial charge in [0.1, 0.15) is 6.29 Å². The fraction of sp³-hybridized carbons (Fsp3) is 0.923. The third-order valence-corrected chi connectivity index (χ3v) is 4.10. The molecule has 17 heavy (non-hydrogen) atoms. The minimum Gasteiger partial charge on any atom is -0.393 e. The Morgan fingerprint density at radius 3 is 1.71 bits per heavy atom. The summed E-state index contributed by atoms with van der Waals surface area (Å²) in [4.78, 5) is 10.3. The Labute approximate surface area is 103 Å². The van der Waals surface area contributed by atoms with E-state index in [4.69, 9.17) is 9.47 Å². The minimum atomic E-state index is -0.212. The molecule has 4 nitrogen and oxygen atoms in total. The topological polar surface area (TPSA) is 55.8 Å². The van der Waals surface area contributed by atoms with Crippen LogP contribution in [-0.2, 0) is 14.3 Å². The zero-order valence-electron chi connectivity index (χ0n) is 11.1. The predicted octanol–water partition coefficient (Wildman–Crippen LogP) is 1.41. The number of aliphatic hydroxyl groups excluding tert-OH is 1. The van der Waals surface area contributed by atoms with Crippen LogP contribution in [0.5, 0.6) is 0 Å². The van der Waals surface area contributed by atoms with Crippen LogP contribution in [-0.4, -0.2) is 43.9 Å². The van der Waals surface area contributed by atoms with Gasteiger partial charge in [-0.05, 0) is 19.8 Å². The molecule has 0 aromatic carbocycles. The first kappa shape index (κ1) is 14.6. The van der Waals surface area contributed by atoms with Gasteiger partial charge in [0.2, 0.25) is 0 Å². The average molecular weight is 244 g/mol. The molecule has 2 rings (SSSR count). The van der Waals surface area contributed by atoms with Crippen molar-refractivity contribution in [1.82, 2.24) is 0 Å². The lowest BCUT2D eigenvalue weighted by Crippen LogP contribution is -2.49. The van der Waals surface area contributed by atoms with Gasteiger partial charge in [-0.15, -0.1) is 0 Å². The SMILES string of the molecule is CCC1(C(C)O)COC1.CCC1(C=O)COC1. The van der Waals surface area contributed by atoms with Crippen molar-refractivity contribution in [2.75, 3.05) is 26.4 Å². The van der Waals surface area contributed by atoms with Gasteiger partial charge in [-0.25, -0.2) is 0 Å². The van der Waals surface area contributed by atoms with Gasteiger partial charge in [-0.2, -0.15) is 0 Å². The van der Waals surface area contributed by atoms with Crippen LogP contribution in [0.1, 0.15) is 33.6 Å². The normalized spacial score (nSPS) is 25.6. The molecule has 4 heteroatoms. The Bertz CT molecular complexity index is 231. The zero-order valence-corrected chi connectivity index (χ0v) is 11.1. The first-order valence-electron chi connectivity index (χ1n) is 6.34. The Kier molecular flexibility index (Phi) is 5.10. The van der Waals surface area contributed by atoms with Gasteiger partial charge in [-0.3, -0.25) is 0 Å². The molecule has 1 unspecified atom stereocenters. The van der Waals surface area contributed by atoms with E-state index >= 15 is 0 Å². The monoisotopic (exact) mass is 244 g/mol. The first-order chi connectivity index (χ1) is 8.04. The molecule has 2 heterocycles. The van der Waals surface area contributed by atoms with Crippen LogP contribution in [0.4, 0.5) is 0 Å². The molecule has 0 amide bonds. The molecule has 0 spiro atoms. The largest absolute Gasteiger partial charge is 0.393 e. The maximum Gasteiger partial charge on any atom is 0.130 e. The summed E-state index contributed by atoms with van der Waals surface area (Å²) >= 11 is 0. The highest BCUT2D eigenvalue weighted by molar-refractivity contribution is 5.60. The molecular weight excluding hydrogens is 220 g/mol. The summed E-state index contributed by atoms with van der Waals surface area (Å²) in [6.07, 6.45) is 2.73. The van der Waals surface area contributed by atoms with Crippen LogP contribution in [0, 0.1) is 10.8 Å². The second-order valence-electron chi connectivity index (χ2n) is 5.21. The molecular formula is C13H24O4. The van der Waals surface area contributed by atoms with Crippen molar-refractivity contribution in [2.45, 2.75) is 39.7 Å². The summed E-state index contributed by atoms with van der Waals surface area (Å²) in [6, 6.07) is 0. The number of aldehydes is 1. The van der Waals surface area contributed by atoms with E-state index in [1.54, 1.807) is 0 Å². The molecule has 2 aliphatic heterocycles. The molecule has 100 valence electrons. The summed E-state index contributed by atoms with van der Waals surface area (Å²) in [6.45, 7) is 8.68. The lowest BCUT2D eigenvalue weighted by atomic mass is 9.78. The van der Waals surface area contributed by atoms with Gasteiger partial charge in [0.05, 0.1) is 37.9 Å². The van der Waals surface area contributed by atoms with Crippen LogP contribution in [0.15, 0.2) is 0 Å². The first-order valence-corrected chi connectivity index (χ1v) is 6.34. The second-order valence-corrected chi connectivity index (χ2v) is 5.21. The van der Waals surface area contributed by atoms with E-state index in [1.165, 1.54) is 0 Å². The van der Waals surface area contributed by atoms with Crippen LogP contribution < -0.4 is 0 Å². The summed E-state index contributed by atoms with van der Waals surface area (Å²) in [5.41, 5.74) is 0.000000000000000222. The van der Waals surface area contributed by atoms with Crippen molar-refractivity contribution < 1.29 is 19.4 Å². The van der Waals surface area contributed by atoms with Crippen LogP contribution in [0.25, 0.3) is 0 Å². The Morgan fingerprint density at radius 2 is 1.71 bits per heavy atom. The predicted molar refractivity (Wildman–Crippen MR) is 64.8 cm³/mol. The smallest absolute Gasteiger partial charge is 0.130 e. The fourth-order valence-corrected chi connectivity index (χ4v) is 1.82. The summed E-state index contributed by atoms with van der Waals surface area (Å²) in [7, 11) is 0. The molecule has 0 aliphatic carbocycles. The molecule has 0 aromatic rings. The number of hydrogen-bond donors (Lipinski definition) is 1. The minimum absolute atomic E-state index is 0.0972. The van der Waals surface area contributed by atoms with Gasteiger partial charge < -0.3 is 19.4 Å². The van der Waals surface area contributed by atoms with Crippen molar-refractivity contribution in [2.24, 2.45) is 10.8 Å². The maximum atomic E-state index is 10.3. The van der Waals surface area contributed by atoms with Crippen molar-refractivity contribution in [3.8, 4) is 0 Å². The molecule has 2 saturated heterocycles.